The zero-order valence-electron chi connectivity index (χ0n) is 18.0. The lowest BCUT2D eigenvalue weighted by Crippen LogP contribution is -2.57. The second-order valence-corrected chi connectivity index (χ2v) is 7.55. The molecule has 14 heteroatoms. The van der Waals surface area contributed by atoms with Crippen molar-refractivity contribution in [2.24, 2.45) is 27.9 Å². The van der Waals surface area contributed by atoms with E-state index in [1.807, 2.05) is 0 Å². The number of hydrogen-bond donors (Lipinski definition) is 7. The summed E-state index contributed by atoms with van der Waals surface area (Å²) in [5.74, 6) is -4.16. The van der Waals surface area contributed by atoms with E-state index in [1.165, 1.54) is 11.8 Å². The molecule has 0 bridgehead atoms. The fourth-order valence-corrected chi connectivity index (χ4v) is 3.25. The lowest BCUT2D eigenvalue weighted by molar-refractivity contribution is -0.149. The van der Waals surface area contributed by atoms with Gasteiger partial charge in [-0.25, -0.2) is 4.79 Å². The summed E-state index contributed by atoms with van der Waals surface area (Å²) in [5.41, 5.74) is 21.4. The van der Waals surface area contributed by atoms with E-state index in [2.05, 4.69) is 15.6 Å². The average Bonchev–Trinajstić information content (AvgIpc) is 3.19. The maximum atomic E-state index is 12.6. The Bertz CT molecular complexity index is 754. The van der Waals surface area contributed by atoms with Crippen molar-refractivity contribution >= 4 is 35.6 Å². The first-order chi connectivity index (χ1) is 14.9. The van der Waals surface area contributed by atoms with Gasteiger partial charge in [-0.3, -0.25) is 24.2 Å². The zero-order chi connectivity index (χ0) is 24.4. The summed E-state index contributed by atoms with van der Waals surface area (Å²) < 4.78 is 0. The Morgan fingerprint density at radius 1 is 1.12 bits per heavy atom. The van der Waals surface area contributed by atoms with Crippen molar-refractivity contribution in [1.29, 1.82) is 0 Å². The molecule has 1 heterocycles. The van der Waals surface area contributed by atoms with E-state index in [9.17, 15) is 29.1 Å². The van der Waals surface area contributed by atoms with Crippen molar-refractivity contribution in [3.05, 3.63) is 0 Å². The number of carbonyl (C=O) groups excluding carboxylic acids is 4. The van der Waals surface area contributed by atoms with Crippen LogP contribution in [0.15, 0.2) is 4.99 Å². The van der Waals surface area contributed by atoms with Crippen LogP contribution in [0.5, 0.6) is 0 Å². The van der Waals surface area contributed by atoms with Gasteiger partial charge in [0.1, 0.15) is 18.1 Å². The fourth-order valence-electron chi connectivity index (χ4n) is 3.25. The highest BCUT2D eigenvalue weighted by Crippen LogP contribution is 2.18. The van der Waals surface area contributed by atoms with Gasteiger partial charge in [0.15, 0.2) is 5.96 Å². The monoisotopic (exact) mass is 456 g/mol. The Hall–Kier alpha value is -3.42. The summed E-state index contributed by atoms with van der Waals surface area (Å²) in [7, 11) is 0. The molecule has 0 aliphatic carbocycles. The minimum Gasteiger partial charge on any atom is -0.480 e. The summed E-state index contributed by atoms with van der Waals surface area (Å²) in [6.07, 6.45) is 0.966. The third-order valence-electron chi connectivity index (χ3n) is 4.89. The van der Waals surface area contributed by atoms with Crippen molar-refractivity contribution in [2.75, 3.05) is 13.1 Å². The molecule has 0 spiro atoms. The van der Waals surface area contributed by atoms with E-state index in [1.54, 1.807) is 0 Å². The molecule has 14 nitrogen and oxygen atoms in total. The number of amides is 4. The van der Waals surface area contributed by atoms with Crippen molar-refractivity contribution in [1.82, 2.24) is 15.5 Å². The van der Waals surface area contributed by atoms with Crippen molar-refractivity contribution in [2.45, 2.75) is 63.2 Å². The molecule has 1 saturated heterocycles. The van der Waals surface area contributed by atoms with Crippen LogP contribution in [0.25, 0.3) is 0 Å². The average molecular weight is 457 g/mol. The summed E-state index contributed by atoms with van der Waals surface area (Å²) in [6, 6.07) is -4.39. The topological polar surface area (TPSA) is 249 Å². The summed E-state index contributed by atoms with van der Waals surface area (Å²) >= 11 is 0. The second kappa shape index (κ2) is 12.4. The van der Waals surface area contributed by atoms with Gasteiger partial charge >= 0.3 is 5.97 Å². The molecule has 1 fully saturated rings. The third kappa shape index (κ3) is 8.37. The highest BCUT2D eigenvalue weighted by Gasteiger charge is 2.37. The van der Waals surface area contributed by atoms with Crippen LogP contribution >= 0.6 is 0 Å². The van der Waals surface area contributed by atoms with E-state index < -0.39 is 60.2 Å². The van der Waals surface area contributed by atoms with Gasteiger partial charge in [-0.1, -0.05) is 0 Å². The number of nitrogens with two attached hydrogens (primary N) is 4. The highest BCUT2D eigenvalue weighted by molar-refractivity contribution is 5.96. The number of carbonyl (C=O) groups is 5. The number of rotatable bonds is 12. The van der Waals surface area contributed by atoms with Crippen molar-refractivity contribution < 1.29 is 29.1 Å². The molecule has 1 rings (SSSR count). The van der Waals surface area contributed by atoms with E-state index in [-0.39, 0.29) is 25.5 Å². The minimum absolute atomic E-state index is 0.0894. The van der Waals surface area contributed by atoms with Crippen LogP contribution in [0.3, 0.4) is 0 Å². The maximum Gasteiger partial charge on any atom is 0.326 e. The third-order valence-corrected chi connectivity index (χ3v) is 4.89. The van der Waals surface area contributed by atoms with E-state index in [0.29, 0.717) is 19.3 Å². The minimum atomic E-state index is -1.35. The van der Waals surface area contributed by atoms with Gasteiger partial charge in [-0.15, -0.1) is 0 Å². The first-order valence-electron chi connectivity index (χ1n) is 10.2. The first kappa shape index (κ1) is 26.6. The van der Waals surface area contributed by atoms with Crippen LogP contribution in [0, 0.1) is 0 Å². The van der Waals surface area contributed by atoms with Crippen LogP contribution in [-0.4, -0.2) is 82.8 Å². The molecule has 4 unspecified atom stereocenters. The smallest absolute Gasteiger partial charge is 0.326 e. The zero-order valence-corrected chi connectivity index (χ0v) is 18.0. The number of primary amides is 1. The molecular weight excluding hydrogens is 424 g/mol. The molecule has 32 heavy (non-hydrogen) atoms. The Morgan fingerprint density at radius 2 is 1.78 bits per heavy atom. The normalized spacial score (nSPS) is 18.2. The number of hydrogen-bond acceptors (Lipinski definition) is 7. The highest BCUT2D eigenvalue weighted by atomic mass is 16.4. The lowest BCUT2D eigenvalue weighted by Gasteiger charge is -2.27. The molecule has 1 aliphatic rings. The van der Waals surface area contributed by atoms with Gasteiger partial charge in [0.25, 0.3) is 0 Å². The van der Waals surface area contributed by atoms with Crippen LogP contribution in [0.1, 0.15) is 39.0 Å². The molecule has 180 valence electrons. The summed E-state index contributed by atoms with van der Waals surface area (Å²) in [5, 5.41) is 14.0. The number of carboxylic acid groups (broad SMARTS) is 1. The molecular formula is C18H32N8O6. The van der Waals surface area contributed by atoms with Crippen molar-refractivity contribution in [3.8, 4) is 0 Å². The Morgan fingerprint density at radius 3 is 2.34 bits per heavy atom. The number of guanidine groups is 1. The standard InChI is InChI=1S/C18H32N8O6/c1-9(16(30)26-7-3-5-12(26)17(31)32)24-15(29)11(8-13(20)27)25-14(28)10(19)4-2-6-23-18(21)22/h9-12H,2-8,19H2,1H3,(H2,20,27)(H,24,29)(H,25,28)(H,31,32)(H4,21,22,23). The van der Waals surface area contributed by atoms with Gasteiger partial charge in [0.05, 0.1) is 12.5 Å². The molecule has 11 N–H and O–H groups in total. The number of nitrogens with one attached hydrogen (secondary N) is 2. The summed E-state index contributed by atoms with van der Waals surface area (Å²) in [6.45, 7) is 1.91. The number of aliphatic imine (C=N–C) groups is 1. The van der Waals surface area contributed by atoms with Crippen LogP contribution in [-0.2, 0) is 24.0 Å². The van der Waals surface area contributed by atoms with Gasteiger partial charge < -0.3 is 43.6 Å². The van der Waals surface area contributed by atoms with E-state index in [0.717, 1.165) is 0 Å². The van der Waals surface area contributed by atoms with Crippen LogP contribution in [0.4, 0.5) is 0 Å². The predicted molar refractivity (Wildman–Crippen MR) is 114 cm³/mol. The lowest BCUT2D eigenvalue weighted by atomic mass is 10.1. The number of carboxylic acids is 1. The fraction of sp³-hybridized carbons (Fsp3) is 0.667. The van der Waals surface area contributed by atoms with Gasteiger partial charge in [0, 0.05) is 13.1 Å². The molecule has 0 aromatic heterocycles. The van der Waals surface area contributed by atoms with Crippen molar-refractivity contribution in [3.63, 3.8) is 0 Å². The van der Waals surface area contributed by atoms with Gasteiger partial charge in [-0.05, 0) is 32.6 Å². The number of likely N-dealkylation sites (tertiary alicyclic amines) is 1. The Kier molecular flexibility index (Phi) is 10.3. The molecule has 0 saturated carbocycles. The van der Waals surface area contributed by atoms with Gasteiger partial charge in [0.2, 0.25) is 23.6 Å². The Balaban J connectivity index is 2.71. The SMILES string of the molecule is CC(NC(=O)C(CC(N)=O)NC(=O)C(N)CCCN=C(N)N)C(=O)N1CCCC1C(=O)O. The van der Waals surface area contributed by atoms with E-state index >= 15 is 0 Å². The maximum absolute atomic E-state index is 12.6. The largest absolute Gasteiger partial charge is 0.480 e. The van der Waals surface area contributed by atoms with Gasteiger partial charge in [-0.2, -0.15) is 0 Å². The molecule has 0 aromatic carbocycles. The molecule has 0 radical (unpaired) electrons. The predicted octanol–water partition coefficient (Wildman–Crippen LogP) is -3.69. The van der Waals surface area contributed by atoms with Crippen LogP contribution in [0.2, 0.25) is 0 Å². The molecule has 1 aliphatic heterocycles. The number of aliphatic carboxylic acids is 1. The number of nitrogens with zero attached hydrogens (tertiary/aromatic N) is 2. The summed E-state index contributed by atoms with van der Waals surface area (Å²) in [4.78, 5) is 65.1. The van der Waals surface area contributed by atoms with E-state index in [4.69, 9.17) is 22.9 Å². The quantitative estimate of drug-likeness (QED) is 0.0865. The molecule has 4 atom stereocenters. The molecule has 4 amide bonds. The Labute approximate surface area is 185 Å². The first-order valence-corrected chi connectivity index (χ1v) is 10.2. The molecule has 0 aromatic rings. The van der Waals surface area contributed by atoms with Crippen LogP contribution < -0.4 is 33.6 Å². The second-order valence-electron chi connectivity index (χ2n) is 7.55.